The molecule has 1 aliphatic heterocycles. The van der Waals surface area contributed by atoms with E-state index in [0.717, 1.165) is 18.6 Å². The van der Waals surface area contributed by atoms with Gasteiger partial charge in [-0.2, -0.15) is 0 Å². The molecule has 16 heavy (non-hydrogen) atoms. The molecule has 0 N–H and O–H groups in total. The molecule has 0 fully saturated rings. The van der Waals surface area contributed by atoms with E-state index in [1.807, 2.05) is 6.08 Å². The molecular formula is C15H20O. The Balaban J connectivity index is 2.56. The highest BCUT2D eigenvalue weighted by Crippen LogP contribution is 2.39. The van der Waals surface area contributed by atoms with Crippen molar-refractivity contribution in [3.05, 3.63) is 41.0 Å². The zero-order valence-corrected chi connectivity index (χ0v) is 10.7. The van der Waals surface area contributed by atoms with Crippen LogP contribution < -0.4 is 4.74 Å². The van der Waals surface area contributed by atoms with E-state index in [-0.39, 0.29) is 5.60 Å². The van der Waals surface area contributed by atoms with Crippen molar-refractivity contribution in [1.82, 2.24) is 0 Å². The van der Waals surface area contributed by atoms with Crippen molar-refractivity contribution < 1.29 is 4.74 Å². The van der Waals surface area contributed by atoms with Crippen LogP contribution in [0, 0.1) is 20.8 Å². The monoisotopic (exact) mass is 216 g/mol. The molecule has 0 amide bonds. The molecule has 1 heteroatoms. The van der Waals surface area contributed by atoms with Crippen molar-refractivity contribution in [2.75, 3.05) is 0 Å². The third-order valence-electron chi connectivity index (χ3n) is 3.75. The largest absolute Gasteiger partial charge is 0.483 e. The molecule has 0 aliphatic carbocycles. The summed E-state index contributed by atoms with van der Waals surface area (Å²) in [5, 5.41) is 0. The van der Waals surface area contributed by atoms with Crippen molar-refractivity contribution in [3.63, 3.8) is 0 Å². The minimum Gasteiger partial charge on any atom is -0.483 e. The first-order valence-electron chi connectivity index (χ1n) is 5.89. The van der Waals surface area contributed by atoms with Crippen LogP contribution in [0.1, 0.15) is 35.6 Å². The fourth-order valence-electron chi connectivity index (χ4n) is 2.35. The third kappa shape index (κ3) is 1.64. The maximum absolute atomic E-state index is 6.14. The molecule has 0 bridgehead atoms. The van der Waals surface area contributed by atoms with E-state index in [4.69, 9.17) is 4.74 Å². The van der Waals surface area contributed by atoms with Gasteiger partial charge in [0.15, 0.2) is 0 Å². The van der Waals surface area contributed by atoms with E-state index in [9.17, 15) is 0 Å². The summed E-state index contributed by atoms with van der Waals surface area (Å²) >= 11 is 0. The van der Waals surface area contributed by atoms with E-state index in [1.54, 1.807) is 0 Å². The summed E-state index contributed by atoms with van der Waals surface area (Å²) in [6.07, 6.45) is 4.03. The van der Waals surface area contributed by atoms with Gasteiger partial charge in [0.2, 0.25) is 0 Å². The van der Waals surface area contributed by atoms with Crippen LogP contribution in [0.4, 0.5) is 0 Å². The molecule has 1 unspecified atom stereocenters. The lowest BCUT2D eigenvalue weighted by molar-refractivity contribution is 0.113. The Hall–Kier alpha value is -1.24. The highest BCUT2D eigenvalue weighted by Gasteiger charge is 2.30. The highest BCUT2D eigenvalue weighted by atomic mass is 16.5. The van der Waals surface area contributed by atoms with Crippen molar-refractivity contribution >= 4 is 0 Å². The molecule has 0 saturated carbocycles. The first-order valence-corrected chi connectivity index (χ1v) is 5.89. The molecule has 1 heterocycles. The Morgan fingerprint density at radius 3 is 2.62 bits per heavy atom. The first-order chi connectivity index (χ1) is 7.47. The van der Waals surface area contributed by atoms with E-state index in [0.29, 0.717) is 0 Å². The maximum Gasteiger partial charge on any atom is 0.127 e. The maximum atomic E-state index is 6.14. The van der Waals surface area contributed by atoms with Gasteiger partial charge in [0.25, 0.3) is 0 Å². The van der Waals surface area contributed by atoms with Crippen molar-refractivity contribution in [3.8, 4) is 5.75 Å². The standard InChI is InChI=1S/C15H20O/c1-6-15(5)8-7-13-11(3)9-10(2)12(4)14(13)16-15/h6,9H,1,7-8H2,2-5H3. The third-order valence-corrected chi connectivity index (χ3v) is 3.75. The minimum absolute atomic E-state index is 0.196. The molecular weight excluding hydrogens is 196 g/mol. The van der Waals surface area contributed by atoms with Crippen LogP contribution in [0.5, 0.6) is 5.75 Å². The fourth-order valence-corrected chi connectivity index (χ4v) is 2.35. The molecule has 0 radical (unpaired) electrons. The Bertz CT molecular complexity index is 445. The molecule has 1 atom stereocenters. The summed E-state index contributed by atoms with van der Waals surface area (Å²) < 4.78 is 6.14. The second kappa shape index (κ2) is 3.65. The zero-order chi connectivity index (χ0) is 11.9. The number of fused-ring (bicyclic) bond motifs is 1. The van der Waals surface area contributed by atoms with Gasteiger partial charge in [-0.25, -0.2) is 0 Å². The molecule has 1 aromatic carbocycles. The summed E-state index contributed by atoms with van der Waals surface area (Å²) in [5.74, 6) is 1.09. The Morgan fingerprint density at radius 2 is 2.00 bits per heavy atom. The second-order valence-electron chi connectivity index (χ2n) is 5.06. The molecule has 1 aromatic rings. The van der Waals surface area contributed by atoms with Gasteiger partial charge >= 0.3 is 0 Å². The lowest BCUT2D eigenvalue weighted by atomic mass is 9.88. The van der Waals surface area contributed by atoms with E-state index in [2.05, 4.69) is 40.3 Å². The quantitative estimate of drug-likeness (QED) is 0.647. The van der Waals surface area contributed by atoms with Crippen LogP contribution >= 0.6 is 0 Å². The van der Waals surface area contributed by atoms with Gasteiger partial charge in [0.05, 0.1) is 0 Å². The first kappa shape index (κ1) is 11.3. The average Bonchev–Trinajstić information content (AvgIpc) is 2.26. The average molecular weight is 216 g/mol. The molecule has 0 saturated heterocycles. The van der Waals surface area contributed by atoms with Gasteiger partial charge in [0.1, 0.15) is 11.4 Å². The number of rotatable bonds is 1. The number of hydrogen-bond acceptors (Lipinski definition) is 1. The van der Waals surface area contributed by atoms with Crippen LogP contribution in [0.2, 0.25) is 0 Å². The molecule has 0 spiro atoms. The molecule has 2 rings (SSSR count). The molecule has 86 valence electrons. The number of aryl methyl sites for hydroxylation is 2. The SMILES string of the molecule is C=CC1(C)CCc2c(C)cc(C)c(C)c2O1. The van der Waals surface area contributed by atoms with Gasteiger partial charge in [0, 0.05) is 0 Å². The number of benzene rings is 1. The smallest absolute Gasteiger partial charge is 0.127 e. The van der Waals surface area contributed by atoms with Gasteiger partial charge < -0.3 is 4.74 Å². The van der Waals surface area contributed by atoms with E-state index >= 15 is 0 Å². The Morgan fingerprint density at radius 1 is 1.31 bits per heavy atom. The predicted molar refractivity (Wildman–Crippen MR) is 68.2 cm³/mol. The van der Waals surface area contributed by atoms with Crippen LogP contribution in [-0.2, 0) is 6.42 Å². The molecule has 1 aliphatic rings. The van der Waals surface area contributed by atoms with E-state index < -0.39 is 0 Å². The van der Waals surface area contributed by atoms with Gasteiger partial charge in [-0.15, -0.1) is 0 Å². The lowest BCUT2D eigenvalue weighted by Crippen LogP contribution is -2.34. The fraction of sp³-hybridized carbons (Fsp3) is 0.467. The molecule has 0 aromatic heterocycles. The highest BCUT2D eigenvalue weighted by molar-refractivity contribution is 5.51. The Kier molecular flexibility index (Phi) is 2.57. The van der Waals surface area contributed by atoms with E-state index in [1.165, 1.54) is 22.3 Å². The topological polar surface area (TPSA) is 9.23 Å². The van der Waals surface area contributed by atoms with Crippen molar-refractivity contribution in [2.24, 2.45) is 0 Å². The van der Waals surface area contributed by atoms with Gasteiger partial charge in [-0.05, 0) is 68.9 Å². The van der Waals surface area contributed by atoms with Crippen molar-refractivity contribution in [2.45, 2.75) is 46.1 Å². The second-order valence-corrected chi connectivity index (χ2v) is 5.06. The predicted octanol–water partition coefficient (Wildman–Crippen LogP) is 3.88. The van der Waals surface area contributed by atoms with Gasteiger partial charge in [-0.3, -0.25) is 0 Å². The summed E-state index contributed by atoms with van der Waals surface area (Å²) in [7, 11) is 0. The van der Waals surface area contributed by atoms with Crippen molar-refractivity contribution in [1.29, 1.82) is 0 Å². The zero-order valence-electron chi connectivity index (χ0n) is 10.7. The number of hydrogen-bond donors (Lipinski definition) is 0. The number of ether oxygens (including phenoxy) is 1. The van der Waals surface area contributed by atoms with Crippen LogP contribution in [-0.4, -0.2) is 5.60 Å². The molecule has 1 nitrogen and oxygen atoms in total. The van der Waals surface area contributed by atoms with Crippen LogP contribution in [0.15, 0.2) is 18.7 Å². The normalized spacial score (nSPS) is 23.5. The minimum atomic E-state index is -0.196. The van der Waals surface area contributed by atoms with Crippen LogP contribution in [0.3, 0.4) is 0 Å². The Labute approximate surface area is 98.1 Å². The summed E-state index contributed by atoms with van der Waals surface area (Å²) in [6, 6.07) is 2.26. The summed E-state index contributed by atoms with van der Waals surface area (Å²) in [6.45, 7) is 12.4. The van der Waals surface area contributed by atoms with Gasteiger partial charge in [-0.1, -0.05) is 12.6 Å². The van der Waals surface area contributed by atoms with Crippen LogP contribution in [0.25, 0.3) is 0 Å². The summed E-state index contributed by atoms with van der Waals surface area (Å²) in [5.41, 5.74) is 5.11. The summed E-state index contributed by atoms with van der Waals surface area (Å²) in [4.78, 5) is 0. The lowest BCUT2D eigenvalue weighted by Gasteiger charge is -2.35.